The highest BCUT2D eigenvalue weighted by molar-refractivity contribution is 5.18. The van der Waals surface area contributed by atoms with Crippen LogP contribution >= 0.6 is 0 Å². The minimum atomic E-state index is -0.666. The number of hydrogen-bond acceptors (Lipinski definition) is 3. The van der Waals surface area contributed by atoms with Crippen LogP contribution < -0.4 is 0 Å². The molecule has 0 radical (unpaired) electrons. The van der Waals surface area contributed by atoms with E-state index in [4.69, 9.17) is 14.2 Å². The third kappa shape index (κ3) is 5.60. The van der Waals surface area contributed by atoms with E-state index >= 15 is 0 Å². The molecule has 3 heteroatoms. The average Bonchev–Trinajstić information content (AvgIpc) is 2.26. The van der Waals surface area contributed by atoms with Gasteiger partial charge in [-0.25, -0.2) is 0 Å². The third-order valence-electron chi connectivity index (χ3n) is 2.22. The minimum Gasteiger partial charge on any atom is -0.504 e. The Morgan fingerprint density at radius 1 is 1.20 bits per heavy atom. The Morgan fingerprint density at radius 3 is 2.20 bits per heavy atom. The highest BCUT2D eigenvalue weighted by Crippen LogP contribution is 2.15. The topological polar surface area (TPSA) is 27.7 Å². The summed E-state index contributed by atoms with van der Waals surface area (Å²) in [6.45, 7) is 3.99. The number of allylic oxidation sites excluding steroid dienone is 2. The fourth-order valence-corrected chi connectivity index (χ4v) is 1.10. The van der Waals surface area contributed by atoms with Crippen LogP contribution in [-0.2, 0) is 14.2 Å². The molecular formula is C12H22O3. The van der Waals surface area contributed by atoms with Crippen LogP contribution in [0.4, 0.5) is 0 Å². The molecular weight excluding hydrogens is 192 g/mol. The van der Waals surface area contributed by atoms with Crippen molar-refractivity contribution in [3.8, 4) is 0 Å². The second-order valence-electron chi connectivity index (χ2n) is 3.44. The zero-order valence-electron chi connectivity index (χ0n) is 10.4. The fraction of sp³-hybridized carbons (Fsp3) is 0.667. The van der Waals surface area contributed by atoms with Crippen molar-refractivity contribution in [3.05, 3.63) is 24.0 Å². The van der Waals surface area contributed by atoms with Gasteiger partial charge in [-0.15, -0.1) is 0 Å². The van der Waals surface area contributed by atoms with Gasteiger partial charge in [0.1, 0.15) is 0 Å². The summed E-state index contributed by atoms with van der Waals surface area (Å²) < 4.78 is 15.4. The Kier molecular flexibility index (Phi) is 7.09. The number of methoxy groups -OCH3 is 3. The van der Waals surface area contributed by atoms with Crippen molar-refractivity contribution in [1.82, 2.24) is 0 Å². The normalized spacial score (nSPS) is 13.5. The molecule has 3 nitrogen and oxygen atoms in total. The first kappa shape index (κ1) is 14.2. The van der Waals surface area contributed by atoms with Crippen molar-refractivity contribution in [2.75, 3.05) is 21.3 Å². The van der Waals surface area contributed by atoms with Gasteiger partial charge in [-0.2, -0.15) is 0 Å². The Morgan fingerprint density at radius 2 is 1.80 bits per heavy atom. The zero-order valence-corrected chi connectivity index (χ0v) is 10.4. The van der Waals surface area contributed by atoms with E-state index in [-0.39, 0.29) is 0 Å². The fourth-order valence-electron chi connectivity index (χ4n) is 1.10. The second kappa shape index (κ2) is 7.49. The first-order chi connectivity index (χ1) is 7.11. The van der Waals surface area contributed by atoms with Crippen LogP contribution in [0.15, 0.2) is 24.0 Å². The quantitative estimate of drug-likeness (QED) is 0.370. The first-order valence-corrected chi connectivity index (χ1v) is 5.13. The standard InChI is InChI=1S/C12H22O3/c1-6-7-11(10-13-3)8-9-12(2,14-4)15-5/h8-10H,6-7H2,1-5H3/b9-8?,11-10+. The summed E-state index contributed by atoms with van der Waals surface area (Å²) in [6, 6.07) is 0. The summed E-state index contributed by atoms with van der Waals surface area (Å²) in [5.41, 5.74) is 1.13. The van der Waals surface area contributed by atoms with Gasteiger partial charge in [-0.05, 0) is 25.0 Å². The van der Waals surface area contributed by atoms with Gasteiger partial charge in [-0.1, -0.05) is 19.4 Å². The highest BCUT2D eigenvalue weighted by atomic mass is 16.7. The van der Waals surface area contributed by atoms with Gasteiger partial charge in [0, 0.05) is 14.2 Å². The van der Waals surface area contributed by atoms with E-state index in [9.17, 15) is 0 Å². The predicted octanol–water partition coefficient (Wildman–Crippen LogP) is 2.88. The molecule has 15 heavy (non-hydrogen) atoms. The van der Waals surface area contributed by atoms with Crippen LogP contribution in [0.2, 0.25) is 0 Å². The molecule has 0 amide bonds. The molecule has 0 fully saturated rings. The highest BCUT2D eigenvalue weighted by Gasteiger charge is 2.17. The van der Waals surface area contributed by atoms with E-state index < -0.39 is 5.79 Å². The van der Waals surface area contributed by atoms with Crippen LogP contribution in [0.3, 0.4) is 0 Å². The molecule has 0 aromatic carbocycles. The lowest BCUT2D eigenvalue weighted by atomic mass is 10.1. The molecule has 0 unspecified atom stereocenters. The molecule has 0 rings (SSSR count). The Labute approximate surface area is 92.7 Å². The van der Waals surface area contributed by atoms with E-state index in [1.54, 1.807) is 27.6 Å². The summed E-state index contributed by atoms with van der Waals surface area (Å²) in [5.74, 6) is -0.666. The van der Waals surface area contributed by atoms with E-state index in [0.29, 0.717) is 0 Å². The summed E-state index contributed by atoms with van der Waals surface area (Å²) in [4.78, 5) is 0. The maximum absolute atomic E-state index is 5.22. The minimum absolute atomic E-state index is 0.666. The molecule has 0 aromatic heterocycles. The van der Waals surface area contributed by atoms with E-state index in [1.807, 2.05) is 19.1 Å². The second-order valence-corrected chi connectivity index (χ2v) is 3.44. The van der Waals surface area contributed by atoms with E-state index in [0.717, 1.165) is 18.4 Å². The predicted molar refractivity (Wildman–Crippen MR) is 61.6 cm³/mol. The van der Waals surface area contributed by atoms with Crippen molar-refractivity contribution >= 4 is 0 Å². The molecule has 0 spiro atoms. The molecule has 0 saturated heterocycles. The van der Waals surface area contributed by atoms with Gasteiger partial charge < -0.3 is 14.2 Å². The summed E-state index contributed by atoms with van der Waals surface area (Å²) in [7, 11) is 4.88. The van der Waals surface area contributed by atoms with Crippen molar-refractivity contribution < 1.29 is 14.2 Å². The van der Waals surface area contributed by atoms with Gasteiger partial charge in [0.05, 0.1) is 13.4 Å². The number of rotatable bonds is 7. The lowest BCUT2D eigenvalue weighted by Gasteiger charge is -2.22. The summed E-state index contributed by atoms with van der Waals surface area (Å²) in [5, 5.41) is 0. The van der Waals surface area contributed by atoms with Crippen LogP contribution in [-0.4, -0.2) is 27.1 Å². The van der Waals surface area contributed by atoms with E-state index in [2.05, 4.69) is 6.92 Å². The largest absolute Gasteiger partial charge is 0.504 e. The van der Waals surface area contributed by atoms with Crippen LogP contribution in [0.1, 0.15) is 26.7 Å². The molecule has 0 bridgehead atoms. The molecule has 0 aliphatic rings. The smallest absolute Gasteiger partial charge is 0.184 e. The van der Waals surface area contributed by atoms with Crippen molar-refractivity contribution in [1.29, 1.82) is 0 Å². The summed E-state index contributed by atoms with van der Waals surface area (Å²) in [6.07, 6.45) is 7.66. The third-order valence-corrected chi connectivity index (χ3v) is 2.22. The van der Waals surface area contributed by atoms with E-state index in [1.165, 1.54) is 0 Å². The first-order valence-electron chi connectivity index (χ1n) is 5.13. The average molecular weight is 214 g/mol. The molecule has 0 N–H and O–H groups in total. The SMILES string of the molecule is CCC/C(C=CC(C)(OC)OC)=C\OC. The van der Waals surface area contributed by atoms with Crippen molar-refractivity contribution in [3.63, 3.8) is 0 Å². The summed E-state index contributed by atoms with van der Waals surface area (Å²) >= 11 is 0. The van der Waals surface area contributed by atoms with Gasteiger partial charge in [-0.3, -0.25) is 0 Å². The molecule has 0 heterocycles. The molecule has 0 aliphatic carbocycles. The van der Waals surface area contributed by atoms with Crippen LogP contribution in [0.25, 0.3) is 0 Å². The lowest BCUT2D eigenvalue weighted by Crippen LogP contribution is -2.26. The zero-order chi connectivity index (χ0) is 11.7. The van der Waals surface area contributed by atoms with Gasteiger partial charge in [0.15, 0.2) is 5.79 Å². The molecule has 0 aromatic rings. The van der Waals surface area contributed by atoms with Crippen molar-refractivity contribution in [2.24, 2.45) is 0 Å². The van der Waals surface area contributed by atoms with Gasteiger partial charge in [0.25, 0.3) is 0 Å². The van der Waals surface area contributed by atoms with Crippen LogP contribution in [0.5, 0.6) is 0 Å². The number of ether oxygens (including phenoxy) is 3. The monoisotopic (exact) mass is 214 g/mol. The van der Waals surface area contributed by atoms with Crippen LogP contribution in [0, 0.1) is 0 Å². The Bertz CT molecular complexity index is 215. The molecule has 0 saturated carbocycles. The number of hydrogen-bond donors (Lipinski definition) is 0. The lowest BCUT2D eigenvalue weighted by molar-refractivity contribution is -0.155. The molecule has 88 valence electrons. The van der Waals surface area contributed by atoms with Crippen molar-refractivity contribution in [2.45, 2.75) is 32.5 Å². The molecule has 0 aliphatic heterocycles. The maximum atomic E-state index is 5.22. The maximum Gasteiger partial charge on any atom is 0.184 e. The Hall–Kier alpha value is -0.800. The van der Waals surface area contributed by atoms with Gasteiger partial charge in [0.2, 0.25) is 0 Å². The Balaban J connectivity index is 4.50. The van der Waals surface area contributed by atoms with Gasteiger partial charge >= 0.3 is 0 Å². The molecule has 0 atom stereocenters.